The van der Waals surface area contributed by atoms with E-state index in [1.165, 1.54) is 12.1 Å². The van der Waals surface area contributed by atoms with E-state index in [0.29, 0.717) is 36.0 Å². The van der Waals surface area contributed by atoms with Crippen molar-refractivity contribution in [1.29, 1.82) is 0 Å². The third-order valence-electron chi connectivity index (χ3n) is 6.11. The van der Waals surface area contributed by atoms with E-state index < -0.39 is 30.0 Å². The van der Waals surface area contributed by atoms with Crippen LogP contribution in [0.2, 0.25) is 10.0 Å². The molecule has 0 spiro atoms. The molecule has 2 aromatic carbocycles. The molecule has 0 bridgehead atoms. The van der Waals surface area contributed by atoms with Crippen molar-refractivity contribution in [3.8, 4) is 5.75 Å². The minimum Gasteiger partial charge on any atom is -0.481 e. The van der Waals surface area contributed by atoms with Gasteiger partial charge >= 0.3 is 6.09 Å². The maximum Gasteiger partial charge on any atom is 0.421 e. The SMILES string of the molecule is O=C1COC(=O)N1c1ccc(F)c(O[C@H]2c3cc(Cl)cc(Cl)c3C[C@H]2N2CC[C@@H](O)C2)c1. The van der Waals surface area contributed by atoms with Crippen LogP contribution in [0.5, 0.6) is 5.75 Å². The minimum absolute atomic E-state index is 0.117. The van der Waals surface area contributed by atoms with Crippen LogP contribution < -0.4 is 9.64 Å². The van der Waals surface area contributed by atoms with Crippen molar-refractivity contribution >= 4 is 40.9 Å². The molecule has 32 heavy (non-hydrogen) atoms. The summed E-state index contributed by atoms with van der Waals surface area (Å²) in [6.07, 6.45) is -0.678. The van der Waals surface area contributed by atoms with Crippen molar-refractivity contribution in [3.05, 3.63) is 57.3 Å². The largest absolute Gasteiger partial charge is 0.481 e. The molecule has 0 saturated carbocycles. The zero-order valence-corrected chi connectivity index (χ0v) is 18.3. The van der Waals surface area contributed by atoms with Gasteiger partial charge in [-0.05, 0) is 42.7 Å². The third-order valence-corrected chi connectivity index (χ3v) is 6.66. The molecule has 5 rings (SSSR count). The molecule has 2 heterocycles. The van der Waals surface area contributed by atoms with Gasteiger partial charge in [0.25, 0.3) is 5.91 Å². The van der Waals surface area contributed by atoms with Gasteiger partial charge in [-0.15, -0.1) is 0 Å². The quantitative estimate of drug-likeness (QED) is 0.718. The van der Waals surface area contributed by atoms with Crippen LogP contribution in [0.15, 0.2) is 30.3 Å². The van der Waals surface area contributed by atoms with Crippen molar-refractivity contribution in [1.82, 2.24) is 4.90 Å². The maximum absolute atomic E-state index is 14.8. The highest BCUT2D eigenvalue weighted by molar-refractivity contribution is 6.35. The number of aliphatic hydroxyl groups is 1. The molecule has 3 atom stereocenters. The number of cyclic esters (lactones) is 1. The van der Waals surface area contributed by atoms with Crippen LogP contribution in [0.3, 0.4) is 0 Å². The molecule has 10 heteroatoms. The van der Waals surface area contributed by atoms with Gasteiger partial charge in [-0.1, -0.05) is 23.2 Å². The van der Waals surface area contributed by atoms with Gasteiger partial charge in [0.1, 0.15) is 6.10 Å². The molecule has 0 radical (unpaired) electrons. The predicted molar refractivity (Wildman–Crippen MR) is 115 cm³/mol. The van der Waals surface area contributed by atoms with E-state index in [0.717, 1.165) is 22.1 Å². The summed E-state index contributed by atoms with van der Waals surface area (Å²) in [7, 11) is 0. The van der Waals surface area contributed by atoms with Gasteiger partial charge in [0.05, 0.1) is 17.8 Å². The number of anilines is 1. The molecule has 2 fully saturated rings. The number of amides is 2. The topological polar surface area (TPSA) is 79.3 Å². The van der Waals surface area contributed by atoms with Gasteiger partial charge in [-0.3, -0.25) is 9.69 Å². The molecule has 0 unspecified atom stereocenters. The Bertz CT molecular complexity index is 1100. The molecule has 0 aromatic heterocycles. The number of β-amino-alcohol motifs (C(OH)–C–C–N with tert-alkyl or cyclic N) is 1. The first-order valence-corrected chi connectivity index (χ1v) is 10.9. The summed E-state index contributed by atoms with van der Waals surface area (Å²) in [4.78, 5) is 26.9. The fourth-order valence-electron chi connectivity index (χ4n) is 4.61. The molecule has 7 nitrogen and oxygen atoms in total. The Balaban J connectivity index is 1.52. The molecule has 168 valence electrons. The number of likely N-dealkylation sites (tertiary alicyclic amines) is 1. The van der Waals surface area contributed by atoms with E-state index in [4.69, 9.17) is 32.7 Å². The van der Waals surface area contributed by atoms with E-state index in [2.05, 4.69) is 4.90 Å². The lowest BCUT2D eigenvalue weighted by molar-refractivity contribution is -0.117. The normalized spacial score (nSPS) is 25.4. The van der Waals surface area contributed by atoms with Crippen LogP contribution in [0.4, 0.5) is 14.9 Å². The zero-order chi connectivity index (χ0) is 22.6. The molecule has 1 aliphatic carbocycles. The van der Waals surface area contributed by atoms with Gasteiger partial charge in [-0.25, -0.2) is 14.1 Å². The van der Waals surface area contributed by atoms with Crippen LogP contribution in [0.1, 0.15) is 23.7 Å². The first-order chi connectivity index (χ1) is 15.3. The Hall–Kier alpha value is -2.39. The van der Waals surface area contributed by atoms with Crippen LogP contribution in [-0.2, 0) is 16.0 Å². The Kier molecular flexibility index (Phi) is 5.49. The average molecular weight is 481 g/mol. The molecule has 3 aliphatic rings. The standard InChI is InChI=1S/C22H19Cl2FN2O5/c23-11-5-15-14(16(24)6-11)8-18(26-4-3-13(28)9-26)21(15)32-19-7-12(1-2-17(19)25)27-20(29)10-31-22(27)30/h1-2,5-7,13,18,21,28H,3-4,8-10H2/t13-,18-,21+/m1/s1. The number of hydrogen-bond acceptors (Lipinski definition) is 6. The van der Waals surface area contributed by atoms with Crippen LogP contribution in [0, 0.1) is 5.82 Å². The first kappa shape index (κ1) is 21.5. The molecular weight excluding hydrogens is 462 g/mol. The van der Waals surface area contributed by atoms with Crippen LogP contribution in [0.25, 0.3) is 0 Å². The monoisotopic (exact) mass is 480 g/mol. The van der Waals surface area contributed by atoms with Crippen molar-refractivity contribution < 1.29 is 28.6 Å². The summed E-state index contributed by atoms with van der Waals surface area (Å²) >= 11 is 12.7. The van der Waals surface area contributed by atoms with Crippen molar-refractivity contribution in [2.24, 2.45) is 0 Å². The number of ether oxygens (including phenoxy) is 2. The third kappa shape index (κ3) is 3.71. The highest BCUT2D eigenvalue weighted by Gasteiger charge is 2.42. The number of carbonyl (C=O) groups is 2. The van der Waals surface area contributed by atoms with Crippen molar-refractivity contribution in [3.63, 3.8) is 0 Å². The smallest absolute Gasteiger partial charge is 0.421 e. The van der Waals surface area contributed by atoms with E-state index >= 15 is 0 Å². The van der Waals surface area contributed by atoms with Gasteiger partial charge in [0.15, 0.2) is 18.2 Å². The molecule has 2 amide bonds. The lowest BCUT2D eigenvalue weighted by atomic mass is 10.1. The second kappa shape index (κ2) is 8.19. The predicted octanol–water partition coefficient (Wildman–Crippen LogP) is 3.73. The maximum atomic E-state index is 14.8. The second-order valence-corrected chi connectivity index (χ2v) is 8.94. The van der Waals surface area contributed by atoms with Gasteiger partial charge in [-0.2, -0.15) is 0 Å². The summed E-state index contributed by atoms with van der Waals surface area (Å²) in [5.74, 6) is -1.30. The lowest BCUT2D eigenvalue weighted by Gasteiger charge is -2.30. The molecule has 2 saturated heterocycles. The Labute approximate surface area is 193 Å². The van der Waals surface area contributed by atoms with E-state index in [1.807, 2.05) is 0 Å². The summed E-state index contributed by atoms with van der Waals surface area (Å²) < 4.78 is 25.7. The number of aliphatic hydroxyl groups excluding tert-OH is 1. The zero-order valence-electron chi connectivity index (χ0n) is 16.8. The molecule has 1 N–H and O–H groups in total. The molecule has 2 aliphatic heterocycles. The number of carbonyl (C=O) groups excluding carboxylic acids is 2. The fraction of sp³-hybridized carbons (Fsp3) is 0.364. The number of fused-ring (bicyclic) bond motifs is 1. The van der Waals surface area contributed by atoms with E-state index in [9.17, 15) is 19.1 Å². The number of nitrogens with zero attached hydrogens (tertiary/aromatic N) is 2. The van der Waals surface area contributed by atoms with Crippen LogP contribution >= 0.6 is 23.2 Å². The highest BCUT2D eigenvalue weighted by atomic mass is 35.5. The summed E-state index contributed by atoms with van der Waals surface area (Å²) in [5, 5.41) is 11.0. The van der Waals surface area contributed by atoms with Gasteiger partial charge < -0.3 is 14.6 Å². The number of hydrogen-bond donors (Lipinski definition) is 1. The lowest BCUT2D eigenvalue weighted by Crippen LogP contribution is -2.39. The Morgan fingerprint density at radius 3 is 2.69 bits per heavy atom. The average Bonchev–Trinajstić information content (AvgIpc) is 3.42. The first-order valence-electron chi connectivity index (χ1n) is 10.2. The van der Waals surface area contributed by atoms with E-state index in [1.54, 1.807) is 12.1 Å². The number of imide groups is 1. The van der Waals surface area contributed by atoms with Crippen LogP contribution in [-0.4, -0.2) is 53.8 Å². The highest BCUT2D eigenvalue weighted by Crippen LogP contribution is 2.44. The number of halogens is 3. The summed E-state index contributed by atoms with van der Waals surface area (Å²) in [6, 6.07) is 6.98. The number of rotatable bonds is 4. The minimum atomic E-state index is -0.818. The van der Waals surface area contributed by atoms with Crippen molar-refractivity contribution in [2.75, 3.05) is 24.6 Å². The van der Waals surface area contributed by atoms with E-state index in [-0.39, 0.29) is 24.1 Å². The summed E-state index contributed by atoms with van der Waals surface area (Å²) in [6.45, 7) is 0.779. The summed E-state index contributed by atoms with van der Waals surface area (Å²) in [5.41, 5.74) is 1.77. The van der Waals surface area contributed by atoms with Gasteiger partial charge in [0, 0.05) is 34.8 Å². The Morgan fingerprint density at radius 1 is 1.19 bits per heavy atom. The second-order valence-electron chi connectivity index (χ2n) is 8.10. The molecule has 2 aromatic rings. The molecular formula is C22H19Cl2FN2O5. The van der Waals surface area contributed by atoms with Crippen molar-refractivity contribution in [2.45, 2.75) is 31.1 Å². The fourth-order valence-corrected chi connectivity index (χ4v) is 5.20. The number of benzene rings is 2. The Morgan fingerprint density at radius 2 is 2.00 bits per heavy atom. The van der Waals surface area contributed by atoms with Gasteiger partial charge in [0.2, 0.25) is 0 Å².